The number of hydrogen-bond acceptors (Lipinski definition) is 3. The van der Waals surface area contributed by atoms with E-state index in [4.69, 9.17) is 39.7 Å². The summed E-state index contributed by atoms with van der Waals surface area (Å²) in [6.07, 6.45) is 4.92. The summed E-state index contributed by atoms with van der Waals surface area (Å²) in [5.41, 5.74) is 14.8. The van der Waals surface area contributed by atoms with E-state index in [1.54, 1.807) is 30.3 Å². The monoisotopic (exact) mass is 431 g/mol. The lowest BCUT2D eigenvalue weighted by molar-refractivity contribution is -0.114. The number of allylic oxidation sites excluding steroid dienone is 2. The minimum absolute atomic E-state index is 0.0132. The highest BCUT2D eigenvalue weighted by atomic mass is 35.5. The molecule has 150 valence electrons. The molecule has 0 heterocycles. The molecule has 1 aliphatic carbocycles. The highest BCUT2D eigenvalue weighted by molar-refractivity contribution is 6.36. The van der Waals surface area contributed by atoms with Gasteiger partial charge in [0.05, 0.1) is 16.4 Å². The molecular formula is C22H20Cl2FN3O. The molecule has 0 saturated heterocycles. The van der Waals surface area contributed by atoms with E-state index in [2.05, 4.69) is 0 Å². The minimum Gasteiger partial charge on any atom is -0.394 e. The molecule has 1 saturated carbocycles. The summed E-state index contributed by atoms with van der Waals surface area (Å²) in [4.78, 5) is 16.5. The van der Waals surface area contributed by atoms with Crippen molar-refractivity contribution in [2.75, 3.05) is 0 Å². The van der Waals surface area contributed by atoms with Crippen LogP contribution in [0.15, 0.2) is 64.3 Å². The van der Waals surface area contributed by atoms with Gasteiger partial charge in [0.2, 0.25) is 0 Å². The minimum atomic E-state index is -0.696. The number of nitrogens with zero attached hydrogens (tertiary/aromatic N) is 1. The van der Waals surface area contributed by atoms with Crippen LogP contribution in [0.4, 0.5) is 10.1 Å². The first kappa shape index (κ1) is 21.1. The fourth-order valence-electron chi connectivity index (χ4n) is 3.19. The molecule has 2 aromatic carbocycles. The van der Waals surface area contributed by atoms with E-state index in [9.17, 15) is 9.18 Å². The largest absolute Gasteiger partial charge is 0.394 e. The number of hydrogen-bond donors (Lipinski definition) is 2. The molecule has 4 N–H and O–H groups in total. The van der Waals surface area contributed by atoms with Gasteiger partial charge in [-0.1, -0.05) is 35.3 Å². The molecule has 0 aromatic heterocycles. The predicted molar refractivity (Wildman–Crippen MR) is 117 cm³/mol. The highest BCUT2D eigenvalue weighted by Gasteiger charge is 2.22. The van der Waals surface area contributed by atoms with Crippen LogP contribution in [0.3, 0.4) is 0 Å². The van der Waals surface area contributed by atoms with E-state index < -0.39 is 5.91 Å². The quantitative estimate of drug-likeness (QED) is 0.492. The Morgan fingerprint density at radius 1 is 1.03 bits per heavy atom. The molecule has 1 amide bonds. The molecule has 1 fully saturated rings. The third-order valence-corrected chi connectivity index (χ3v) is 5.19. The van der Waals surface area contributed by atoms with Gasteiger partial charge >= 0.3 is 0 Å². The van der Waals surface area contributed by atoms with Crippen molar-refractivity contribution in [2.24, 2.45) is 16.5 Å². The molecule has 0 aliphatic heterocycles. The Kier molecular flexibility index (Phi) is 6.72. The number of halogens is 3. The molecule has 2 aromatic rings. The number of amides is 1. The molecular weight excluding hydrogens is 412 g/mol. The van der Waals surface area contributed by atoms with Gasteiger partial charge in [-0.05, 0) is 73.2 Å². The Morgan fingerprint density at radius 3 is 2.38 bits per heavy atom. The average Bonchev–Trinajstić information content (AvgIpc) is 2.87. The van der Waals surface area contributed by atoms with Crippen molar-refractivity contribution in [3.8, 4) is 0 Å². The van der Waals surface area contributed by atoms with Gasteiger partial charge in [-0.15, -0.1) is 0 Å². The first-order valence-electron chi connectivity index (χ1n) is 9.14. The van der Waals surface area contributed by atoms with Crippen molar-refractivity contribution in [2.45, 2.75) is 25.7 Å². The smallest absolute Gasteiger partial charge is 0.264 e. The van der Waals surface area contributed by atoms with Crippen molar-refractivity contribution in [1.82, 2.24) is 0 Å². The van der Waals surface area contributed by atoms with Gasteiger partial charge in [-0.25, -0.2) is 9.38 Å². The van der Waals surface area contributed by atoms with E-state index >= 15 is 0 Å². The number of aliphatic imine (C=N–C) groups is 1. The summed E-state index contributed by atoms with van der Waals surface area (Å²) in [5, 5.41) is 0.877. The van der Waals surface area contributed by atoms with Crippen LogP contribution in [0.5, 0.6) is 0 Å². The van der Waals surface area contributed by atoms with Crippen molar-refractivity contribution in [1.29, 1.82) is 0 Å². The normalized spacial score (nSPS) is 19.3. The Labute approximate surface area is 178 Å². The molecule has 3 rings (SSSR count). The first-order chi connectivity index (χ1) is 13.8. The number of carbonyl (C=O) groups is 1. The third-order valence-electron chi connectivity index (χ3n) is 4.66. The number of carbonyl (C=O) groups excluding carboxylic acids is 1. The maximum atomic E-state index is 13.3. The molecule has 0 bridgehead atoms. The van der Waals surface area contributed by atoms with E-state index in [0.717, 1.165) is 30.4 Å². The van der Waals surface area contributed by atoms with Gasteiger partial charge in [-0.2, -0.15) is 0 Å². The molecule has 0 unspecified atom stereocenters. The number of nitrogens with two attached hydrogens (primary N) is 2. The second-order valence-corrected chi connectivity index (χ2v) is 7.58. The maximum Gasteiger partial charge on any atom is 0.264 e. The zero-order chi connectivity index (χ0) is 21.0. The second kappa shape index (κ2) is 9.25. The number of benzene rings is 2. The van der Waals surface area contributed by atoms with Crippen LogP contribution in [0.2, 0.25) is 10.0 Å². The molecule has 0 spiro atoms. The van der Waals surface area contributed by atoms with E-state index in [0.29, 0.717) is 33.4 Å². The van der Waals surface area contributed by atoms with Crippen molar-refractivity contribution in [3.63, 3.8) is 0 Å². The lowest BCUT2D eigenvalue weighted by Crippen LogP contribution is -2.25. The zero-order valence-corrected chi connectivity index (χ0v) is 17.1. The van der Waals surface area contributed by atoms with E-state index in [1.807, 2.05) is 6.08 Å². The van der Waals surface area contributed by atoms with Crippen molar-refractivity contribution >= 4 is 46.6 Å². The Bertz CT molecular complexity index is 1030. The fraction of sp³-hybridized carbons (Fsp3) is 0.182. The Morgan fingerprint density at radius 2 is 1.72 bits per heavy atom. The summed E-state index contributed by atoms with van der Waals surface area (Å²) >= 11 is 12.3. The third kappa shape index (κ3) is 5.25. The van der Waals surface area contributed by atoms with Gasteiger partial charge in [0.1, 0.15) is 11.5 Å². The van der Waals surface area contributed by atoms with Crippen LogP contribution >= 0.6 is 23.2 Å². The molecule has 29 heavy (non-hydrogen) atoms. The number of rotatable bonds is 3. The molecule has 1 aliphatic rings. The van der Waals surface area contributed by atoms with Gasteiger partial charge in [0.15, 0.2) is 0 Å². The summed E-state index contributed by atoms with van der Waals surface area (Å²) in [6.45, 7) is 0. The van der Waals surface area contributed by atoms with Crippen LogP contribution in [0.25, 0.3) is 6.08 Å². The molecule has 0 radical (unpaired) electrons. The van der Waals surface area contributed by atoms with Gasteiger partial charge in [0.25, 0.3) is 5.91 Å². The zero-order valence-electron chi connectivity index (χ0n) is 15.6. The Hall–Kier alpha value is -2.63. The summed E-state index contributed by atoms with van der Waals surface area (Å²) in [6, 6.07) is 11.1. The van der Waals surface area contributed by atoms with Crippen LogP contribution in [-0.4, -0.2) is 11.6 Å². The summed E-state index contributed by atoms with van der Waals surface area (Å²) in [7, 11) is 0. The van der Waals surface area contributed by atoms with Crippen LogP contribution < -0.4 is 11.5 Å². The lowest BCUT2D eigenvalue weighted by atomic mass is 9.96. The molecule has 0 atom stereocenters. The Balaban J connectivity index is 2.21. The fourth-order valence-corrected chi connectivity index (χ4v) is 3.64. The SMILES string of the molecule is NC(=O)C(N)=C1CCCC/C(=C\c2ccc(F)cc2)C1=Nc1ccc(Cl)cc1Cl. The molecule has 7 heteroatoms. The van der Waals surface area contributed by atoms with Crippen LogP contribution in [-0.2, 0) is 4.79 Å². The maximum absolute atomic E-state index is 13.3. The predicted octanol–water partition coefficient (Wildman–Crippen LogP) is 5.56. The highest BCUT2D eigenvalue weighted by Crippen LogP contribution is 2.33. The number of primary amides is 1. The van der Waals surface area contributed by atoms with Gasteiger partial charge < -0.3 is 11.5 Å². The van der Waals surface area contributed by atoms with Crippen LogP contribution in [0, 0.1) is 5.82 Å². The first-order valence-corrected chi connectivity index (χ1v) is 9.90. The summed E-state index contributed by atoms with van der Waals surface area (Å²) < 4.78 is 13.3. The molecule has 4 nitrogen and oxygen atoms in total. The van der Waals surface area contributed by atoms with Gasteiger partial charge in [0, 0.05) is 10.6 Å². The van der Waals surface area contributed by atoms with E-state index in [1.165, 1.54) is 12.1 Å². The summed E-state index contributed by atoms with van der Waals surface area (Å²) in [5.74, 6) is -1.01. The van der Waals surface area contributed by atoms with Crippen molar-refractivity contribution in [3.05, 3.63) is 80.7 Å². The van der Waals surface area contributed by atoms with E-state index in [-0.39, 0.29) is 11.5 Å². The van der Waals surface area contributed by atoms with Crippen molar-refractivity contribution < 1.29 is 9.18 Å². The average molecular weight is 432 g/mol. The topological polar surface area (TPSA) is 81.5 Å². The standard InChI is InChI=1S/C22H20Cl2FN3O/c23-15-7-10-19(18(24)12-15)28-21-14(11-13-5-8-16(25)9-6-13)3-1-2-4-17(21)20(26)22(27)29/h5-12H,1-4,26H2,(H2,27,29)/b14-11+,20-17?,28-21?. The van der Waals surface area contributed by atoms with Gasteiger partial charge in [-0.3, -0.25) is 4.79 Å². The lowest BCUT2D eigenvalue weighted by Gasteiger charge is -2.14. The van der Waals surface area contributed by atoms with Crippen LogP contribution in [0.1, 0.15) is 31.2 Å². The second-order valence-electron chi connectivity index (χ2n) is 6.74.